The van der Waals surface area contributed by atoms with Gasteiger partial charge in [-0.15, -0.1) is 0 Å². The fourth-order valence-corrected chi connectivity index (χ4v) is 4.07. The van der Waals surface area contributed by atoms with Crippen molar-refractivity contribution in [1.29, 1.82) is 0 Å². The molecule has 28 heavy (non-hydrogen) atoms. The van der Waals surface area contributed by atoms with Gasteiger partial charge in [-0.2, -0.15) is 5.10 Å². The molecule has 6 heteroatoms. The molecule has 0 saturated carbocycles. The zero-order valence-electron chi connectivity index (χ0n) is 16.0. The molecule has 3 aromatic heterocycles. The number of aryl methyl sites for hydroxylation is 1. The first-order chi connectivity index (χ1) is 13.8. The summed E-state index contributed by atoms with van der Waals surface area (Å²) in [5, 5.41) is 5.39. The van der Waals surface area contributed by atoms with Crippen molar-refractivity contribution in [2.45, 2.75) is 32.4 Å². The third-order valence-electron chi connectivity index (χ3n) is 5.57. The van der Waals surface area contributed by atoms with Crippen molar-refractivity contribution in [2.24, 2.45) is 0 Å². The van der Waals surface area contributed by atoms with Crippen LogP contribution in [0.5, 0.6) is 0 Å². The monoisotopic (exact) mass is 373 g/mol. The van der Waals surface area contributed by atoms with Crippen molar-refractivity contribution < 1.29 is 4.42 Å². The number of furan rings is 1. The molecule has 0 unspecified atom stereocenters. The molecule has 1 fully saturated rings. The Morgan fingerprint density at radius 3 is 2.96 bits per heavy atom. The fraction of sp³-hybridized carbons (Fsp3) is 0.318. The van der Waals surface area contributed by atoms with Crippen LogP contribution in [0.25, 0.3) is 22.4 Å². The predicted octanol–water partition coefficient (Wildman–Crippen LogP) is 4.10. The second-order valence-electron chi connectivity index (χ2n) is 7.34. The van der Waals surface area contributed by atoms with Gasteiger partial charge in [-0.25, -0.2) is 9.67 Å². The molecular formula is C22H23N5O. The minimum atomic E-state index is 0.504. The van der Waals surface area contributed by atoms with E-state index in [0.717, 1.165) is 60.8 Å². The Balaban J connectivity index is 1.34. The van der Waals surface area contributed by atoms with E-state index in [9.17, 15) is 0 Å². The van der Waals surface area contributed by atoms with Crippen molar-refractivity contribution in [3.05, 3.63) is 66.4 Å². The van der Waals surface area contributed by atoms with E-state index in [4.69, 9.17) is 4.42 Å². The molecule has 1 aromatic carbocycles. The lowest BCUT2D eigenvalue weighted by molar-refractivity contribution is 0.310. The second kappa shape index (κ2) is 7.20. The number of hydrogen-bond acceptors (Lipinski definition) is 5. The van der Waals surface area contributed by atoms with E-state index >= 15 is 0 Å². The zero-order chi connectivity index (χ0) is 18.9. The van der Waals surface area contributed by atoms with Gasteiger partial charge in [-0.3, -0.25) is 9.88 Å². The number of nitrogens with zero attached hydrogens (tertiary/aromatic N) is 5. The average Bonchev–Trinajstić information content (AvgIpc) is 3.47. The number of likely N-dealkylation sites (tertiary alicyclic amines) is 1. The lowest BCUT2D eigenvalue weighted by Crippen LogP contribution is -2.22. The van der Waals surface area contributed by atoms with E-state index < -0.39 is 0 Å². The highest BCUT2D eigenvalue weighted by atomic mass is 16.3. The standard InChI is InChI=1S/C22H23N5O/c1-2-27-22(24-15-25-27)14-26-10-8-18(13-26)16-7-9-23-19(11-16)21-12-17-5-3-4-6-20(17)28-21/h3-7,9,11-12,15,18H,2,8,10,13-14H2,1H3/t18-/m0/s1. The molecule has 0 N–H and O–H groups in total. The molecule has 0 radical (unpaired) electrons. The van der Waals surface area contributed by atoms with Gasteiger partial charge in [0.2, 0.25) is 0 Å². The third-order valence-corrected chi connectivity index (χ3v) is 5.57. The Morgan fingerprint density at radius 1 is 1.14 bits per heavy atom. The van der Waals surface area contributed by atoms with Crippen LogP contribution in [-0.2, 0) is 13.1 Å². The SMILES string of the molecule is CCn1ncnc1CN1CC[C@H](c2ccnc(-c3cc4ccccc4o3)c2)C1. The van der Waals surface area contributed by atoms with Gasteiger partial charge in [0.15, 0.2) is 5.76 Å². The van der Waals surface area contributed by atoms with Crippen LogP contribution < -0.4 is 0 Å². The normalized spacial score (nSPS) is 17.5. The van der Waals surface area contributed by atoms with Crippen molar-refractivity contribution >= 4 is 11.0 Å². The second-order valence-corrected chi connectivity index (χ2v) is 7.34. The van der Waals surface area contributed by atoms with Gasteiger partial charge >= 0.3 is 0 Å². The van der Waals surface area contributed by atoms with Crippen LogP contribution in [0.15, 0.2) is 59.4 Å². The van der Waals surface area contributed by atoms with E-state index in [1.807, 2.05) is 29.1 Å². The topological polar surface area (TPSA) is 60.0 Å². The molecule has 0 spiro atoms. The van der Waals surface area contributed by atoms with Crippen LogP contribution in [0.1, 0.15) is 30.7 Å². The van der Waals surface area contributed by atoms with E-state index in [-0.39, 0.29) is 0 Å². The lowest BCUT2D eigenvalue weighted by atomic mass is 9.98. The van der Waals surface area contributed by atoms with Gasteiger partial charge in [-0.1, -0.05) is 18.2 Å². The van der Waals surface area contributed by atoms with Gasteiger partial charge in [0.1, 0.15) is 23.4 Å². The first-order valence-corrected chi connectivity index (χ1v) is 9.84. The van der Waals surface area contributed by atoms with Gasteiger partial charge in [-0.05, 0) is 55.6 Å². The number of aromatic nitrogens is 4. The summed E-state index contributed by atoms with van der Waals surface area (Å²) in [5.41, 5.74) is 3.12. The maximum absolute atomic E-state index is 6.00. The number of benzene rings is 1. The fourth-order valence-electron chi connectivity index (χ4n) is 4.07. The van der Waals surface area contributed by atoms with E-state index in [1.165, 1.54) is 5.56 Å². The van der Waals surface area contributed by atoms with Crippen molar-refractivity contribution in [3.8, 4) is 11.5 Å². The molecule has 1 atom stereocenters. The minimum absolute atomic E-state index is 0.504. The Labute approximate surface area is 163 Å². The highest BCUT2D eigenvalue weighted by Gasteiger charge is 2.25. The van der Waals surface area contributed by atoms with E-state index in [0.29, 0.717) is 5.92 Å². The summed E-state index contributed by atoms with van der Waals surface area (Å²) in [4.78, 5) is 11.4. The van der Waals surface area contributed by atoms with Gasteiger partial charge in [0.25, 0.3) is 0 Å². The third kappa shape index (κ3) is 3.20. The van der Waals surface area contributed by atoms with E-state index in [2.05, 4.69) is 51.2 Å². The van der Waals surface area contributed by atoms with Crippen LogP contribution in [0.4, 0.5) is 0 Å². The van der Waals surface area contributed by atoms with Gasteiger partial charge in [0.05, 0.1) is 6.54 Å². The van der Waals surface area contributed by atoms with Crippen LogP contribution in [0, 0.1) is 0 Å². The largest absolute Gasteiger partial charge is 0.454 e. The minimum Gasteiger partial charge on any atom is -0.454 e. The summed E-state index contributed by atoms with van der Waals surface area (Å²) in [6.07, 6.45) is 4.69. The maximum Gasteiger partial charge on any atom is 0.153 e. The van der Waals surface area contributed by atoms with Crippen molar-refractivity contribution in [3.63, 3.8) is 0 Å². The van der Waals surface area contributed by atoms with Crippen LogP contribution in [0.3, 0.4) is 0 Å². The van der Waals surface area contributed by atoms with Crippen LogP contribution in [0.2, 0.25) is 0 Å². The van der Waals surface area contributed by atoms with Crippen LogP contribution >= 0.6 is 0 Å². The number of rotatable bonds is 5. The Morgan fingerprint density at radius 2 is 2.07 bits per heavy atom. The summed E-state index contributed by atoms with van der Waals surface area (Å²) in [7, 11) is 0. The highest BCUT2D eigenvalue weighted by molar-refractivity contribution is 5.82. The molecule has 4 heterocycles. The van der Waals surface area contributed by atoms with Crippen molar-refractivity contribution in [2.75, 3.05) is 13.1 Å². The average molecular weight is 373 g/mol. The summed E-state index contributed by atoms with van der Waals surface area (Å²) in [5.74, 6) is 2.37. The van der Waals surface area contributed by atoms with Gasteiger partial charge < -0.3 is 4.42 Å². The van der Waals surface area contributed by atoms with E-state index in [1.54, 1.807) is 6.33 Å². The maximum atomic E-state index is 6.00. The van der Waals surface area contributed by atoms with Crippen molar-refractivity contribution in [1.82, 2.24) is 24.6 Å². The number of para-hydroxylation sites is 1. The first kappa shape index (κ1) is 17.1. The molecule has 1 saturated heterocycles. The van der Waals surface area contributed by atoms with Gasteiger partial charge in [0, 0.05) is 24.7 Å². The molecule has 5 rings (SSSR count). The molecule has 142 valence electrons. The molecule has 1 aliphatic rings. The Hall–Kier alpha value is -2.99. The molecular weight excluding hydrogens is 350 g/mol. The summed E-state index contributed by atoms with van der Waals surface area (Å²) in [6, 6.07) is 14.5. The van der Waals surface area contributed by atoms with Crippen LogP contribution in [-0.4, -0.2) is 37.7 Å². The smallest absolute Gasteiger partial charge is 0.153 e. The zero-order valence-corrected chi connectivity index (χ0v) is 16.0. The molecule has 4 aromatic rings. The highest BCUT2D eigenvalue weighted by Crippen LogP contribution is 2.32. The Kier molecular flexibility index (Phi) is 4.41. The molecule has 0 aliphatic carbocycles. The number of fused-ring (bicyclic) bond motifs is 1. The summed E-state index contributed by atoms with van der Waals surface area (Å²) in [6.45, 7) is 5.91. The number of pyridine rings is 1. The summed E-state index contributed by atoms with van der Waals surface area (Å²) < 4.78 is 7.97. The predicted molar refractivity (Wildman–Crippen MR) is 108 cm³/mol. The molecule has 6 nitrogen and oxygen atoms in total. The molecule has 0 bridgehead atoms. The quantitative estimate of drug-likeness (QED) is 0.527. The molecule has 1 aliphatic heterocycles. The number of hydrogen-bond donors (Lipinski definition) is 0. The molecule has 0 amide bonds. The lowest BCUT2D eigenvalue weighted by Gasteiger charge is -2.16. The first-order valence-electron chi connectivity index (χ1n) is 9.84. The summed E-state index contributed by atoms with van der Waals surface area (Å²) >= 11 is 0. The Bertz CT molecular complexity index is 1070.